The molecule has 0 radical (unpaired) electrons. The molecule has 3 nitrogen and oxygen atoms in total. The molecule has 0 amide bonds. The van der Waals surface area contributed by atoms with Gasteiger partial charge in [0.05, 0.1) is 7.11 Å². The number of unbranched alkanes of at least 4 members (excludes halogenated alkanes) is 7. The van der Waals surface area contributed by atoms with Crippen LogP contribution in [0.5, 0.6) is 5.88 Å². The zero-order valence-corrected chi connectivity index (χ0v) is 13.8. The number of aromatic nitrogens is 1. The largest absolute Gasteiger partial charge is 0.481 e. The summed E-state index contributed by atoms with van der Waals surface area (Å²) < 4.78 is 5.06. The van der Waals surface area contributed by atoms with Crippen molar-refractivity contribution in [1.82, 2.24) is 4.98 Å². The molecular formula is C18H32N2O. The molecule has 0 spiro atoms. The Bertz CT molecular complexity index is 351. The Hall–Kier alpha value is -1.09. The van der Waals surface area contributed by atoms with Crippen LogP contribution in [-0.2, 0) is 6.42 Å². The van der Waals surface area contributed by atoms with Crippen molar-refractivity contribution in [3.05, 3.63) is 23.9 Å². The molecule has 0 saturated heterocycles. The number of pyridine rings is 1. The molecule has 0 bridgehead atoms. The number of ether oxygens (including phenoxy) is 1. The van der Waals surface area contributed by atoms with Crippen LogP contribution in [0.15, 0.2) is 18.3 Å². The SMILES string of the molecule is CCCCCCCCCCC(N)Cc1ccc(OC)nc1. The molecule has 1 atom stereocenters. The minimum Gasteiger partial charge on any atom is -0.481 e. The van der Waals surface area contributed by atoms with Crippen molar-refractivity contribution in [2.45, 2.75) is 77.2 Å². The van der Waals surface area contributed by atoms with E-state index in [1.54, 1.807) is 7.11 Å². The van der Waals surface area contributed by atoms with Gasteiger partial charge >= 0.3 is 0 Å². The number of hydrogen-bond acceptors (Lipinski definition) is 3. The van der Waals surface area contributed by atoms with Gasteiger partial charge in [0.25, 0.3) is 0 Å². The number of nitrogens with zero attached hydrogens (tertiary/aromatic N) is 1. The summed E-state index contributed by atoms with van der Waals surface area (Å²) in [6, 6.07) is 4.21. The van der Waals surface area contributed by atoms with Crippen LogP contribution >= 0.6 is 0 Å². The first-order valence-corrected chi connectivity index (χ1v) is 8.50. The maximum Gasteiger partial charge on any atom is 0.212 e. The summed E-state index contributed by atoms with van der Waals surface area (Å²) in [5.41, 5.74) is 7.39. The molecule has 1 unspecified atom stereocenters. The fourth-order valence-electron chi connectivity index (χ4n) is 2.60. The average molecular weight is 292 g/mol. The third-order valence-electron chi connectivity index (χ3n) is 3.93. The normalized spacial score (nSPS) is 12.3. The van der Waals surface area contributed by atoms with Gasteiger partial charge in [-0.2, -0.15) is 0 Å². The van der Waals surface area contributed by atoms with E-state index in [0.29, 0.717) is 5.88 Å². The topological polar surface area (TPSA) is 48.1 Å². The lowest BCUT2D eigenvalue weighted by molar-refractivity contribution is 0.397. The minimum atomic E-state index is 0.250. The molecule has 0 fully saturated rings. The second-order valence-electron chi connectivity index (χ2n) is 5.94. The van der Waals surface area contributed by atoms with Crippen molar-refractivity contribution in [3.63, 3.8) is 0 Å². The molecule has 0 aromatic carbocycles. The van der Waals surface area contributed by atoms with Crippen LogP contribution in [0.4, 0.5) is 0 Å². The quantitative estimate of drug-likeness (QED) is 0.577. The minimum absolute atomic E-state index is 0.250. The fourth-order valence-corrected chi connectivity index (χ4v) is 2.60. The highest BCUT2D eigenvalue weighted by Gasteiger charge is 2.05. The predicted octanol–water partition coefficient (Wildman–Crippen LogP) is 4.49. The summed E-state index contributed by atoms with van der Waals surface area (Å²) in [7, 11) is 1.63. The summed E-state index contributed by atoms with van der Waals surface area (Å²) in [6.45, 7) is 2.26. The van der Waals surface area contributed by atoms with E-state index in [0.717, 1.165) is 12.8 Å². The fraction of sp³-hybridized carbons (Fsp3) is 0.722. The van der Waals surface area contributed by atoms with E-state index in [-0.39, 0.29) is 6.04 Å². The Kier molecular flexibility index (Phi) is 9.88. The van der Waals surface area contributed by atoms with E-state index < -0.39 is 0 Å². The van der Waals surface area contributed by atoms with Gasteiger partial charge in [-0.3, -0.25) is 0 Å². The molecule has 0 aliphatic heterocycles. The summed E-state index contributed by atoms with van der Waals surface area (Å²) in [6.07, 6.45) is 14.7. The molecular weight excluding hydrogens is 260 g/mol. The molecule has 21 heavy (non-hydrogen) atoms. The second-order valence-corrected chi connectivity index (χ2v) is 5.94. The second kappa shape index (κ2) is 11.6. The average Bonchev–Trinajstić information content (AvgIpc) is 2.50. The molecule has 1 rings (SSSR count). The molecule has 0 aliphatic carbocycles. The van der Waals surface area contributed by atoms with E-state index in [9.17, 15) is 0 Å². The third kappa shape index (κ3) is 8.71. The first-order chi connectivity index (χ1) is 10.3. The lowest BCUT2D eigenvalue weighted by atomic mass is 10.0. The third-order valence-corrected chi connectivity index (χ3v) is 3.93. The van der Waals surface area contributed by atoms with Crippen molar-refractivity contribution in [3.8, 4) is 5.88 Å². The van der Waals surface area contributed by atoms with E-state index in [2.05, 4.69) is 18.0 Å². The number of methoxy groups -OCH3 is 1. The smallest absolute Gasteiger partial charge is 0.212 e. The van der Waals surface area contributed by atoms with Crippen LogP contribution in [0.25, 0.3) is 0 Å². The van der Waals surface area contributed by atoms with Gasteiger partial charge in [0.2, 0.25) is 5.88 Å². The van der Waals surface area contributed by atoms with Crippen molar-refractivity contribution >= 4 is 0 Å². The maximum atomic E-state index is 6.20. The number of rotatable bonds is 12. The molecule has 2 N–H and O–H groups in total. The van der Waals surface area contributed by atoms with Crippen molar-refractivity contribution in [2.24, 2.45) is 5.73 Å². The van der Waals surface area contributed by atoms with Crippen molar-refractivity contribution in [2.75, 3.05) is 7.11 Å². The Morgan fingerprint density at radius 1 is 1.05 bits per heavy atom. The first kappa shape index (κ1) is 18.0. The van der Waals surface area contributed by atoms with Crippen molar-refractivity contribution < 1.29 is 4.74 Å². The van der Waals surface area contributed by atoms with Gasteiger partial charge in [0.15, 0.2) is 0 Å². The summed E-state index contributed by atoms with van der Waals surface area (Å²) in [5, 5.41) is 0. The highest BCUT2D eigenvalue weighted by atomic mass is 16.5. The lowest BCUT2D eigenvalue weighted by Gasteiger charge is -2.11. The zero-order chi connectivity index (χ0) is 15.3. The summed E-state index contributed by atoms with van der Waals surface area (Å²) >= 11 is 0. The molecule has 1 heterocycles. The maximum absolute atomic E-state index is 6.20. The van der Waals surface area contributed by atoms with Crippen LogP contribution in [-0.4, -0.2) is 18.1 Å². The van der Waals surface area contributed by atoms with Crippen molar-refractivity contribution in [1.29, 1.82) is 0 Å². The van der Waals surface area contributed by atoms with E-state index in [4.69, 9.17) is 10.5 Å². The van der Waals surface area contributed by atoms with Crippen LogP contribution in [0.1, 0.15) is 70.3 Å². The van der Waals surface area contributed by atoms with E-state index in [1.165, 1.54) is 56.9 Å². The van der Waals surface area contributed by atoms with E-state index in [1.807, 2.05) is 12.3 Å². The van der Waals surface area contributed by atoms with Gasteiger partial charge in [-0.25, -0.2) is 4.98 Å². The highest BCUT2D eigenvalue weighted by molar-refractivity contribution is 5.18. The molecule has 0 saturated carbocycles. The van der Waals surface area contributed by atoms with E-state index >= 15 is 0 Å². The van der Waals surface area contributed by atoms with Gasteiger partial charge in [-0.1, -0.05) is 64.4 Å². The van der Waals surface area contributed by atoms with Gasteiger partial charge in [0.1, 0.15) is 0 Å². The zero-order valence-electron chi connectivity index (χ0n) is 13.8. The standard InChI is InChI=1S/C18H32N2O/c1-3-4-5-6-7-8-9-10-11-17(19)14-16-12-13-18(21-2)20-15-16/h12-13,15,17H,3-11,14,19H2,1-2H3. The first-order valence-electron chi connectivity index (χ1n) is 8.50. The van der Waals surface area contributed by atoms with Crippen LogP contribution in [0, 0.1) is 0 Å². The molecule has 120 valence electrons. The molecule has 0 aliphatic rings. The summed E-state index contributed by atoms with van der Waals surface area (Å²) in [5.74, 6) is 0.662. The Balaban J connectivity index is 2.04. The Labute approximate surface area is 130 Å². The summed E-state index contributed by atoms with van der Waals surface area (Å²) in [4.78, 5) is 4.22. The lowest BCUT2D eigenvalue weighted by Crippen LogP contribution is -2.22. The Morgan fingerprint density at radius 3 is 2.29 bits per heavy atom. The Morgan fingerprint density at radius 2 is 1.71 bits per heavy atom. The number of hydrogen-bond donors (Lipinski definition) is 1. The number of nitrogens with two attached hydrogens (primary N) is 1. The van der Waals surface area contributed by atoms with Gasteiger partial charge in [-0.15, -0.1) is 0 Å². The van der Waals surface area contributed by atoms with Gasteiger partial charge < -0.3 is 10.5 Å². The van der Waals surface area contributed by atoms with Crippen LogP contribution < -0.4 is 10.5 Å². The molecule has 1 aromatic rings. The molecule has 3 heteroatoms. The van der Waals surface area contributed by atoms with Gasteiger partial charge in [0, 0.05) is 18.3 Å². The highest BCUT2D eigenvalue weighted by Crippen LogP contribution is 2.13. The molecule has 1 aromatic heterocycles. The van der Waals surface area contributed by atoms with Gasteiger partial charge in [-0.05, 0) is 18.4 Å². The van der Waals surface area contributed by atoms with Crippen LogP contribution in [0.3, 0.4) is 0 Å². The van der Waals surface area contributed by atoms with Crippen LogP contribution in [0.2, 0.25) is 0 Å². The predicted molar refractivity (Wildman–Crippen MR) is 89.7 cm³/mol. The monoisotopic (exact) mass is 292 g/mol.